The maximum Gasteiger partial charge on any atom is 0.281 e. The van der Waals surface area contributed by atoms with Gasteiger partial charge in [0.05, 0.1) is 12.2 Å². The number of nitrogens with zero attached hydrogens (tertiary/aromatic N) is 5. The molecule has 0 radical (unpaired) electrons. The quantitative estimate of drug-likeness (QED) is 0.490. The number of anilines is 2. The SMILES string of the molecule is CC1(CCOc2ccn(-c3ccc4c(n3)N3CC(CNc5cccc(n5)S(=O)(=O)NC4=O)CC3(C)C)n2)CC1. The van der Waals surface area contributed by atoms with E-state index in [-0.39, 0.29) is 22.0 Å². The van der Waals surface area contributed by atoms with E-state index in [4.69, 9.17) is 9.72 Å². The number of carbonyl (C=O) groups is 1. The van der Waals surface area contributed by atoms with Gasteiger partial charge in [-0.15, -0.1) is 5.10 Å². The number of hydrogen-bond acceptors (Lipinski definition) is 9. The van der Waals surface area contributed by atoms with Gasteiger partial charge in [-0.3, -0.25) is 4.79 Å². The van der Waals surface area contributed by atoms with Crippen LogP contribution in [-0.4, -0.2) is 59.3 Å². The Labute approximate surface area is 228 Å². The fourth-order valence-electron chi connectivity index (χ4n) is 5.36. The summed E-state index contributed by atoms with van der Waals surface area (Å²) in [6, 6.07) is 9.74. The summed E-state index contributed by atoms with van der Waals surface area (Å²) < 4.78 is 35.7. The van der Waals surface area contributed by atoms with Crippen LogP contribution >= 0.6 is 0 Å². The number of hydrogen-bond donors (Lipinski definition) is 2. The third-order valence-corrected chi connectivity index (χ3v) is 9.21. The Morgan fingerprint density at radius 1 is 1.10 bits per heavy atom. The van der Waals surface area contributed by atoms with Gasteiger partial charge in [0.1, 0.15) is 11.6 Å². The molecule has 2 aliphatic heterocycles. The van der Waals surface area contributed by atoms with E-state index in [1.54, 1.807) is 41.2 Å². The minimum Gasteiger partial charge on any atom is -0.477 e. The van der Waals surface area contributed by atoms with E-state index in [1.165, 1.54) is 18.9 Å². The van der Waals surface area contributed by atoms with Crippen molar-refractivity contribution in [2.24, 2.45) is 11.3 Å². The Morgan fingerprint density at radius 2 is 1.92 bits per heavy atom. The molecule has 3 aliphatic rings. The lowest BCUT2D eigenvalue weighted by atomic mass is 9.96. The lowest BCUT2D eigenvalue weighted by Gasteiger charge is -2.33. The maximum atomic E-state index is 13.4. The summed E-state index contributed by atoms with van der Waals surface area (Å²) >= 11 is 0. The summed E-state index contributed by atoms with van der Waals surface area (Å²) in [6.45, 7) is 8.31. The van der Waals surface area contributed by atoms with Gasteiger partial charge in [0.15, 0.2) is 10.8 Å². The number of ether oxygens (including phenoxy) is 1. The summed E-state index contributed by atoms with van der Waals surface area (Å²) in [5.74, 6) is 1.33. The highest BCUT2D eigenvalue weighted by atomic mass is 32.2. The molecule has 12 heteroatoms. The molecule has 206 valence electrons. The first-order chi connectivity index (χ1) is 18.5. The van der Waals surface area contributed by atoms with Crippen LogP contribution in [0.5, 0.6) is 5.88 Å². The monoisotopic (exact) mass is 551 g/mol. The number of pyridine rings is 2. The lowest BCUT2D eigenvalue weighted by Crippen LogP contribution is -2.41. The van der Waals surface area contributed by atoms with Gasteiger partial charge in [0.25, 0.3) is 15.9 Å². The van der Waals surface area contributed by atoms with Crippen molar-refractivity contribution in [3.63, 3.8) is 0 Å². The van der Waals surface area contributed by atoms with Crippen LogP contribution in [-0.2, 0) is 10.0 Å². The molecule has 1 saturated carbocycles. The molecule has 39 heavy (non-hydrogen) atoms. The van der Waals surface area contributed by atoms with Crippen molar-refractivity contribution in [1.82, 2.24) is 24.5 Å². The Bertz CT molecular complexity index is 1530. The predicted octanol–water partition coefficient (Wildman–Crippen LogP) is 3.38. The molecule has 1 unspecified atom stereocenters. The minimum absolute atomic E-state index is 0.167. The first kappa shape index (κ1) is 25.6. The van der Waals surface area contributed by atoms with Crippen molar-refractivity contribution in [1.29, 1.82) is 0 Å². The number of aromatic nitrogens is 4. The second kappa shape index (κ2) is 9.22. The number of sulfonamides is 1. The van der Waals surface area contributed by atoms with E-state index < -0.39 is 15.9 Å². The highest BCUT2D eigenvalue weighted by Crippen LogP contribution is 2.48. The van der Waals surface area contributed by atoms with Gasteiger partial charge in [0, 0.05) is 30.9 Å². The third-order valence-electron chi connectivity index (χ3n) is 7.98. The van der Waals surface area contributed by atoms with E-state index >= 15 is 0 Å². The fourth-order valence-corrected chi connectivity index (χ4v) is 6.30. The molecule has 6 rings (SSSR count). The zero-order chi connectivity index (χ0) is 27.4. The molecule has 3 aromatic heterocycles. The van der Waals surface area contributed by atoms with Crippen LogP contribution < -0.4 is 19.7 Å². The van der Waals surface area contributed by atoms with Crippen LogP contribution in [0.4, 0.5) is 11.6 Å². The summed E-state index contributed by atoms with van der Waals surface area (Å²) in [6.07, 6.45) is 6.10. The lowest BCUT2D eigenvalue weighted by molar-refractivity contribution is 0.0981. The number of nitrogens with one attached hydrogen (secondary N) is 2. The largest absolute Gasteiger partial charge is 0.477 e. The fraction of sp³-hybridized carbons (Fsp3) is 0.481. The van der Waals surface area contributed by atoms with Crippen LogP contribution in [0.15, 0.2) is 47.6 Å². The number of carbonyl (C=O) groups excluding carboxylic acids is 1. The molecule has 0 spiro atoms. The Morgan fingerprint density at radius 3 is 2.72 bits per heavy atom. The molecule has 0 aromatic carbocycles. The van der Waals surface area contributed by atoms with Crippen molar-refractivity contribution in [3.05, 3.63) is 48.2 Å². The molecule has 1 saturated heterocycles. The van der Waals surface area contributed by atoms with Gasteiger partial charge in [0.2, 0.25) is 5.88 Å². The van der Waals surface area contributed by atoms with E-state index in [2.05, 4.69) is 45.8 Å². The topological polar surface area (TPSA) is 131 Å². The van der Waals surface area contributed by atoms with Crippen LogP contribution in [0.1, 0.15) is 56.8 Å². The van der Waals surface area contributed by atoms with Crippen molar-refractivity contribution >= 4 is 27.6 Å². The summed E-state index contributed by atoms with van der Waals surface area (Å²) in [5.41, 5.74) is 0.236. The zero-order valence-electron chi connectivity index (χ0n) is 22.3. The smallest absolute Gasteiger partial charge is 0.281 e. The van der Waals surface area contributed by atoms with Crippen molar-refractivity contribution in [2.45, 2.75) is 57.0 Å². The average molecular weight is 552 g/mol. The minimum atomic E-state index is -4.20. The highest BCUT2D eigenvalue weighted by molar-refractivity contribution is 7.90. The van der Waals surface area contributed by atoms with Crippen LogP contribution in [0.3, 0.4) is 0 Å². The first-order valence-corrected chi connectivity index (χ1v) is 14.8. The second-order valence-corrected chi connectivity index (χ2v) is 13.3. The van der Waals surface area contributed by atoms with Crippen LogP contribution in [0, 0.1) is 11.3 Å². The zero-order valence-corrected chi connectivity index (χ0v) is 23.2. The van der Waals surface area contributed by atoms with Gasteiger partial charge in [-0.25, -0.2) is 19.4 Å². The van der Waals surface area contributed by atoms with E-state index in [1.807, 2.05) is 0 Å². The van der Waals surface area contributed by atoms with Gasteiger partial charge >= 0.3 is 0 Å². The molecule has 2 fully saturated rings. The Balaban J connectivity index is 1.35. The molecule has 4 bridgehead atoms. The first-order valence-electron chi connectivity index (χ1n) is 13.3. The summed E-state index contributed by atoms with van der Waals surface area (Å²) in [4.78, 5) is 24.6. The van der Waals surface area contributed by atoms with Crippen LogP contribution in [0.2, 0.25) is 0 Å². The number of rotatable bonds is 5. The maximum absolute atomic E-state index is 13.4. The van der Waals surface area contributed by atoms with Gasteiger partial charge < -0.3 is 15.0 Å². The molecule has 1 aliphatic carbocycles. The summed E-state index contributed by atoms with van der Waals surface area (Å²) in [5, 5.41) is 7.58. The molecule has 2 N–H and O–H groups in total. The van der Waals surface area contributed by atoms with E-state index in [9.17, 15) is 13.2 Å². The number of amides is 1. The van der Waals surface area contributed by atoms with Crippen LogP contribution in [0.25, 0.3) is 5.82 Å². The Kier molecular flexibility index (Phi) is 6.05. The molecule has 1 atom stereocenters. The van der Waals surface area contributed by atoms with Crippen molar-refractivity contribution in [3.8, 4) is 11.7 Å². The van der Waals surface area contributed by atoms with Gasteiger partial charge in [-0.1, -0.05) is 13.0 Å². The molecule has 1 amide bonds. The van der Waals surface area contributed by atoms with Crippen molar-refractivity contribution in [2.75, 3.05) is 29.9 Å². The van der Waals surface area contributed by atoms with Gasteiger partial charge in [-0.05, 0) is 75.1 Å². The van der Waals surface area contributed by atoms with E-state index in [0.717, 1.165) is 12.8 Å². The number of fused-ring (bicyclic) bond motifs is 6. The summed E-state index contributed by atoms with van der Waals surface area (Å²) in [7, 11) is -4.20. The standard InChI is InChI=1S/C27H33N7O4S/c1-26(2)15-18-16-28-20-5-4-6-23(29-20)39(36,37)32-25(35)19-7-8-21(30-24(19)33(26)17-18)34-13-9-22(31-34)38-14-12-27(3)10-11-27/h4-9,13,18H,10-12,14-17H2,1-3H3,(H,28,29)(H,32,35). The average Bonchev–Trinajstić information content (AvgIpc) is 3.29. The van der Waals surface area contributed by atoms with Crippen molar-refractivity contribution < 1.29 is 17.9 Å². The Hall–Kier alpha value is -3.67. The molecular weight excluding hydrogens is 518 g/mol. The normalized spacial score (nSPS) is 22.4. The molecule has 11 nitrogen and oxygen atoms in total. The molecule has 3 aromatic rings. The van der Waals surface area contributed by atoms with E-state index in [0.29, 0.717) is 48.4 Å². The van der Waals surface area contributed by atoms with Gasteiger partial charge in [-0.2, -0.15) is 8.42 Å². The molecule has 5 heterocycles. The molecular formula is C27H33N7O4S. The highest BCUT2D eigenvalue weighted by Gasteiger charge is 2.41. The predicted molar refractivity (Wildman–Crippen MR) is 146 cm³/mol. The third kappa shape index (κ3) is 5.17. The second-order valence-electron chi connectivity index (χ2n) is 11.7.